The molecule has 1 aliphatic heterocycles. The molecule has 0 fully saturated rings. The molecule has 0 aromatic carbocycles. The molecule has 1 unspecified atom stereocenters. The standard InChI is InChI=1S/C8H8ClNO4S/c9-5-1-2-15-10-7(5)4(8(13)14)3-6(11)12/h1-2,4,10H,3H2,(H,11,12)(H,13,14). The third-order valence-electron chi connectivity index (χ3n) is 1.73. The number of nitrogens with one attached hydrogen (secondary N) is 1. The van der Waals surface area contributed by atoms with Crippen molar-refractivity contribution >= 4 is 35.5 Å². The van der Waals surface area contributed by atoms with Crippen molar-refractivity contribution in [3.05, 3.63) is 22.2 Å². The van der Waals surface area contributed by atoms with Gasteiger partial charge in [0.05, 0.1) is 17.2 Å². The molecule has 1 aliphatic rings. The first-order chi connectivity index (χ1) is 7.02. The molecule has 5 nitrogen and oxygen atoms in total. The van der Waals surface area contributed by atoms with Gasteiger partial charge in [-0.2, -0.15) is 0 Å². The molecule has 0 saturated heterocycles. The predicted octanol–water partition coefficient (Wildman–Crippen LogP) is 1.38. The Morgan fingerprint density at radius 1 is 1.53 bits per heavy atom. The minimum Gasteiger partial charge on any atom is -0.481 e. The van der Waals surface area contributed by atoms with Crippen molar-refractivity contribution < 1.29 is 19.8 Å². The molecule has 0 spiro atoms. The lowest BCUT2D eigenvalue weighted by Gasteiger charge is -2.18. The number of rotatable bonds is 4. The maximum absolute atomic E-state index is 10.9. The van der Waals surface area contributed by atoms with Gasteiger partial charge in [-0.15, -0.1) is 0 Å². The maximum Gasteiger partial charge on any atom is 0.313 e. The topological polar surface area (TPSA) is 86.6 Å². The van der Waals surface area contributed by atoms with Crippen molar-refractivity contribution in [3.63, 3.8) is 0 Å². The first-order valence-electron chi connectivity index (χ1n) is 3.95. The van der Waals surface area contributed by atoms with E-state index in [9.17, 15) is 9.59 Å². The van der Waals surface area contributed by atoms with Crippen LogP contribution in [-0.2, 0) is 9.59 Å². The molecule has 0 bridgehead atoms. The molecule has 0 saturated carbocycles. The lowest BCUT2D eigenvalue weighted by Crippen LogP contribution is -2.26. The summed E-state index contributed by atoms with van der Waals surface area (Å²) in [5.74, 6) is -3.54. The Kier molecular flexibility index (Phi) is 4.05. The van der Waals surface area contributed by atoms with Gasteiger partial charge in [0.15, 0.2) is 0 Å². The van der Waals surface area contributed by atoms with E-state index < -0.39 is 24.3 Å². The highest BCUT2D eigenvalue weighted by atomic mass is 35.5. The fourth-order valence-electron chi connectivity index (χ4n) is 1.05. The van der Waals surface area contributed by atoms with Gasteiger partial charge in [-0.3, -0.25) is 9.59 Å². The van der Waals surface area contributed by atoms with Gasteiger partial charge in [-0.25, -0.2) is 0 Å². The molecule has 1 heterocycles. The summed E-state index contributed by atoms with van der Waals surface area (Å²) in [4.78, 5) is 21.3. The zero-order valence-electron chi connectivity index (χ0n) is 7.44. The number of allylic oxidation sites excluding steroid dienone is 2. The van der Waals surface area contributed by atoms with Crippen molar-refractivity contribution in [2.75, 3.05) is 0 Å². The van der Waals surface area contributed by atoms with Crippen LogP contribution in [0.3, 0.4) is 0 Å². The van der Waals surface area contributed by atoms with Crippen LogP contribution >= 0.6 is 23.5 Å². The first-order valence-corrected chi connectivity index (χ1v) is 5.20. The second kappa shape index (κ2) is 5.09. The number of aliphatic carboxylic acids is 2. The van der Waals surface area contributed by atoms with Gasteiger partial charge in [0.2, 0.25) is 0 Å². The average molecular weight is 250 g/mol. The Bertz CT molecular complexity index is 353. The highest BCUT2D eigenvalue weighted by Crippen LogP contribution is 2.26. The van der Waals surface area contributed by atoms with Crippen molar-refractivity contribution in [1.82, 2.24) is 4.72 Å². The van der Waals surface area contributed by atoms with Gasteiger partial charge in [-0.05, 0) is 23.4 Å². The zero-order chi connectivity index (χ0) is 11.4. The van der Waals surface area contributed by atoms with E-state index in [-0.39, 0.29) is 10.7 Å². The number of halogens is 1. The monoisotopic (exact) mass is 249 g/mol. The number of carbonyl (C=O) groups is 2. The zero-order valence-corrected chi connectivity index (χ0v) is 9.01. The SMILES string of the molecule is O=C(O)CC(C(=O)O)C1=C(Cl)C=CSN1. The Morgan fingerprint density at radius 3 is 2.67 bits per heavy atom. The number of hydrogen-bond donors (Lipinski definition) is 3. The average Bonchev–Trinajstić information content (AvgIpc) is 2.15. The van der Waals surface area contributed by atoms with Gasteiger partial charge < -0.3 is 14.9 Å². The first kappa shape index (κ1) is 11.9. The summed E-state index contributed by atoms with van der Waals surface area (Å²) in [7, 11) is 0. The highest BCUT2D eigenvalue weighted by Gasteiger charge is 2.28. The van der Waals surface area contributed by atoms with Crippen LogP contribution in [-0.4, -0.2) is 22.2 Å². The number of carboxylic acids is 2. The van der Waals surface area contributed by atoms with Crippen LogP contribution in [0.15, 0.2) is 22.2 Å². The molecule has 0 radical (unpaired) electrons. The molecule has 15 heavy (non-hydrogen) atoms. The van der Waals surface area contributed by atoms with Crippen LogP contribution in [0.5, 0.6) is 0 Å². The van der Waals surface area contributed by atoms with Gasteiger partial charge >= 0.3 is 11.9 Å². The second-order valence-corrected chi connectivity index (χ2v) is 3.89. The maximum atomic E-state index is 10.9. The van der Waals surface area contributed by atoms with E-state index in [1.807, 2.05) is 0 Å². The lowest BCUT2D eigenvalue weighted by molar-refractivity contribution is -0.147. The Hall–Kier alpha value is -1.14. The van der Waals surface area contributed by atoms with E-state index in [0.29, 0.717) is 0 Å². The van der Waals surface area contributed by atoms with Crippen LogP contribution < -0.4 is 4.72 Å². The minimum absolute atomic E-state index is 0.221. The van der Waals surface area contributed by atoms with Crippen molar-refractivity contribution in [1.29, 1.82) is 0 Å². The lowest BCUT2D eigenvalue weighted by atomic mass is 10.0. The van der Waals surface area contributed by atoms with Gasteiger partial charge in [0, 0.05) is 0 Å². The van der Waals surface area contributed by atoms with E-state index in [2.05, 4.69) is 4.72 Å². The molecule has 0 aromatic rings. The molecule has 0 aliphatic carbocycles. The molecule has 1 atom stereocenters. The summed E-state index contributed by atoms with van der Waals surface area (Å²) in [6.07, 6.45) is 1.03. The van der Waals surface area contributed by atoms with E-state index >= 15 is 0 Å². The molecular weight excluding hydrogens is 242 g/mol. The summed E-state index contributed by atoms with van der Waals surface area (Å²) in [5, 5.41) is 19.3. The molecule has 7 heteroatoms. The third kappa shape index (κ3) is 3.17. The van der Waals surface area contributed by atoms with Crippen molar-refractivity contribution in [2.45, 2.75) is 6.42 Å². The number of hydrogen-bond acceptors (Lipinski definition) is 4. The van der Waals surface area contributed by atoms with Gasteiger partial charge in [0.25, 0.3) is 0 Å². The van der Waals surface area contributed by atoms with E-state index in [4.69, 9.17) is 21.8 Å². The van der Waals surface area contributed by atoms with Crippen LogP contribution in [0.25, 0.3) is 0 Å². The Balaban J connectivity index is 2.93. The quantitative estimate of drug-likeness (QED) is 0.653. The molecular formula is C8H8ClNO4S. The van der Waals surface area contributed by atoms with E-state index in [1.54, 1.807) is 5.41 Å². The smallest absolute Gasteiger partial charge is 0.313 e. The van der Waals surface area contributed by atoms with Crippen molar-refractivity contribution in [3.8, 4) is 0 Å². The fraction of sp³-hybridized carbons (Fsp3) is 0.250. The molecule has 3 N–H and O–H groups in total. The summed E-state index contributed by atoms with van der Waals surface area (Å²) in [6.45, 7) is 0. The second-order valence-electron chi connectivity index (χ2n) is 2.77. The largest absolute Gasteiger partial charge is 0.481 e. The summed E-state index contributed by atoms with van der Waals surface area (Å²) in [5.41, 5.74) is 0.221. The van der Waals surface area contributed by atoms with Crippen LogP contribution in [0.4, 0.5) is 0 Å². The Labute approximate surface area is 94.9 Å². The van der Waals surface area contributed by atoms with Gasteiger partial charge in [-0.1, -0.05) is 11.6 Å². The van der Waals surface area contributed by atoms with E-state index in [0.717, 1.165) is 11.9 Å². The normalized spacial score (nSPS) is 17.1. The minimum atomic E-state index is -1.21. The third-order valence-corrected chi connectivity index (χ3v) is 2.67. The summed E-state index contributed by atoms with van der Waals surface area (Å²) < 4.78 is 2.69. The number of carboxylic acid groups (broad SMARTS) is 2. The Morgan fingerprint density at radius 2 is 2.20 bits per heavy atom. The fourth-order valence-corrected chi connectivity index (χ4v) is 2.08. The summed E-state index contributed by atoms with van der Waals surface area (Å²) in [6, 6.07) is 0. The predicted molar refractivity (Wildman–Crippen MR) is 56.1 cm³/mol. The molecule has 0 amide bonds. The molecule has 82 valence electrons. The summed E-state index contributed by atoms with van der Waals surface area (Å²) >= 11 is 6.92. The molecule has 0 aromatic heterocycles. The molecule has 1 rings (SSSR count). The highest BCUT2D eigenvalue weighted by molar-refractivity contribution is 8.00. The van der Waals surface area contributed by atoms with Crippen LogP contribution in [0, 0.1) is 5.92 Å². The van der Waals surface area contributed by atoms with Crippen molar-refractivity contribution in [2.24, 2.45) is 5.92 Å². The van der Waals surface area contributed by atoms with E-state index in [1.165, 1.54) is 6.08 Å². The van der Waals surface area contributed by atoms with Crippen LogP contribution in [0.2, 0.25) is 0 Å². The van der Waals surface area contributed by atoms with Crippen LogP contribution in [0.1, 0.15) is 6.42 Å². The van der Waals surface area contributed by atoms with Gasteiger partial charge in [0.1, 0.15) is 5.92 Å².